The summed E-state index contributed by atoms with van der Waals surface area (Å²) in [5, 5.41) is 4.29. The van der Waals surface area contributed by atoms with Gasteiger partial charge in [-0.1, -0.05) is 59.7 Å². The van der Waals surface area contributed by atoms with Crippen LogP contribution in [0.15, 0.2) is 54.6 Å². The molecule has 28 heavy (non-hydrogen) atoms. The van der Waals surface area contributed by atoms with Crippen LogP contribution in [0.3, 0.4) is 0 Å². The first kappa shape index (κ1) is 19.1. The van der Waals surface area contributed by atoms with E-state index in [0.717, 1.165) is 30.9 Å². The number of hydrogen-bond acceptors (Lipinski definition) is 4. The Morgan fingerprint density at radius 1 is 1.04 bits per heavy atom. The summed E-state index contributed by atoms with van der Waals surface area (Å²) in [5.74, 6) is -0.137. The molecule has 1 fully saturated rings. The van der Waals surface area contributed by atoms with Crippen molar-refractivity contribution in [1.29, 1.82) is 0 Å². The number of carbonyl (C=O) groups is 1. The predicted molar refractivity (Wildman–Crippen MR) is 116 cm³/mol. The second-order valence-electron chi connectivity index (χ2n) is 6.95. The number of benzene rings is 2. The van der Waals surface area contributed by atoms with E-state index in [0.29, 0.717) is 15.7 Å². The monoisotopic (exact) mass is 411 g/mol. The molecule has 4 nitrogen and oxygen atoms in total. The van der Waals surface area contributed by atoms with E-state index in [2.05, 4.69) is 10.2 Å². The number of nitrogens with one attached hydrogen (secondary N) is 1. The van der Waals surface area contributed by atoms with Gasteiger partial charge in [0.25, 0.3) is 5.91 Å². The molecule has 6 heteroatoms. The summed E-state index contributed by atoms with van der Waals surface area (Å²) in [7, 11) is 0. The van der Waals surface area contributed by atoms with Crippen molar-refractivity contribution >= 4 is 34.0 Å². The third-order valence-corrected chi connectivity index (χ3v) is 6.09. The lowest BCUT2D eigenvalue weighted by Gasteiger charge is -2.26. The molecule has 0 unspecified atom stereocenters. The van der Waals surface area contributed by atoms with E-state index in [4.69, 9.17) is 16.6 Å². The highest BCUT2D eigenvalue weighted by Crippen LogP contribution is 2.33. The van der Waals surface area contributed by atoms with Crippen LogP contribution in [0, 0.1) is 0 Å². The Labute approximate surface area is 174 Å². The van der Waals surface area contributed by atoms with Gasteiger partial charge in [-0.2, -0.15) is 0 Å². The first-order valence-electron chi connectivity index (χ1n) is 9.53. The molecule has 1 aromatic heterocycles. The van der Waals surface area contributed by atoms with Crippen LogP contribution >= 0.6 is 22.9 Å². The smallest absolute Gasteiger partial charge is 0.257 e. The molecule has 0 saturated carbocycles. The largest absolute Gasteiger partial charge is 0.298 e. The van der Waals surface area contributed by atoms with Crippen molar-refractivity contribution < 1.29 is 4.79 Å². The Hall–Kier alpha value is -2.21. The zero-order chi connectivity index (χ0) is 19.3. The number of likely N-dealkylation sites (tertiary alicyclic amines) is 1. The van der Waals surface area contributed by atoms with Gasteiger partial charge in [-0.25, -0.2) is 4.98 Å². The second-order valence-corrected chi connectivity index (χ2v) is 8.47. The van der Waals surface area contributed by atoms with Crippen LogP contribution in [0.2, 0.25) is 5.02 Å². The van der Waals surface area contributed by atoms with E-state index in [1.807, 2.05) is 42.5 Å². The summed E-state index contributed by atoms with van der Waals surface area (Å²) >= 11 is 7.61. The third-order valence-electron chi connectivity index (χ3n) is 4.89. The zero-order valence-electron chi connectivity index (χ0n) is 15.5. The number of carbonyl (C=O) groups excluding carboxylic acids is 1. The number of rotatable bonds is 5. The highest BCUT2D eigenvalue weighted by Gasteiger charge is 2.19. The molecule has 0 spiro atoms. The van der Waals surface area contributed by atoms with Crippen LogP contribution in [0.4, 0.5) is 5.13 Å². The minimum absolute atomic E-state index is 0.137. The molecule has 2 aromatic carbocycles. The molecule has 2 heterocycles. The molecule has 0 atom stereocenters. The standard InChI is InChI=1S/C22H22ClN3OS/c23-18-11-9-16(10-12-18)20-19(15-26-13-5-2-6-14-26)28-22(24-20)25-21(27)17-7-3-1-4-8-17/h1,3-4,7-12H,2,5-6,13-15H2,(H,24,25,27). The van der Waals surface area contributed by atoms with E-state index in [-0.39, 0.29) is 5.91 Å². The minimum Gasteiger partial charge on any atom is -0.298 e. The second kappa shape index (κ2) is 8.86. The number of halogens is 1. The van der Waals surface area contributed by atoms with Crippen LogP contribution < -0.4 is 5.32 Å². The van der Waals surface area contributed by atoms with Crippen molar-refractivity contribution in [3.8, 4) is 11.3 Å². The SMILES string of the molecule is O=C(Nc1nc(-c2ccc(Cl)cc2)c(CN2CCCCC2)s1)c1ccccc1. The van der Waals surface area contributed by atoms with Gasteiger partial charge in [-0.3, -0.25) is 15.0 Å². The van der Waals surface area contributed by atoms with Gasteiger partial charge in [0.1, 0.15) is 0 Å². The Morgan fingerprint density at radius 3 is 2.46 bits per heavy atom. The van der Waals surface area contributed by atoms with Crippen LogP contribution in [0.25, 0.3) is 11.3 Å². The topological polar surface area (TPSA) is 45.2 Å². The summed E-state index contributed by atoms with van der Waals surface area (Å²) in [6.45, 7) is 3.09. The average Bonchev–Trinajstić information content (AvgIpc) is 3.12. The van der Waals surface area contributed by atoms with Gasteiger partial charge in [-0.15, -0.1) is 0 Å². The Bertz CT molecular complexity index is 934. The number of amides is 1. The van der Waals surface area contributed by atoms with Crippen molar-refractivity contribution in [3.05, 3.63) is 70.1 Å². The van der Waals surface area contributed by atoms with Gasteiger partial charge in [0.05, 0.1) is 5.69 Å². The lowest BCUT2D eigenvalue weighted by Crippen LogP contribution is -2.28. The van der Waals surface area contributed by atoms with E-state index in [1.54, 1.807) is 23.5 Å². The first-order valence-corrected chi connectivity index (χ1v) is 10.7. The zero-order valence-corrected chi connectivity index (χ0v) is 17.1. The summed E-state index contributed by atoms with van der Waals surface area (Å²) in [6, 6.07) is 17.0. The number of nitrogens with zero attached hydrogens (tertiary/aromatic N) is 2. The maximum atomic E-state index is 12.5. The Kier molecular flexibility index (Phi) is 6.05. The lowest BCUT2D eigenvalue weighted by atomic mass is 10.1. The fourth-order valence-corrected chi connectivity index (χ4v) is 4.57. The number of anilines is 1. The van der Waals surface area contributed by atoms with Gasteiger partial charge < -0.3 is 0 Å². The molecular formula is C22H22ClN3OS. The van der Waals surface area contributed by atoms with Crippen molar-refractivity contribution in [1.82, 2.24) is 9.88 Å². The van der Waals surface area contributed by atoms with Gasteiger partial charge in [-0.05, 0) is 50.2 Å². The van der Waals surface area contributed by atoms with Crippen LogP contribution in [0.1, 0.15) is 34.5 Å². The van der Waals surface area contributed by atoms with Crippen molar-refractivity contribution in [2.75, 3.05) is 18.4 Å². The minimum atomic E-state index is -0.137. The Morgan fingerprint density at radius 2 is 1.75 bits per heavy atom. The van der Waals surface area contributed by atoms with Crippen LogP contribution in [-0.2, 0) is 6.54 Å². The summed E-state index contributed by atoms with van der Waals surface area (Å²) in [6.07, 6.45) is 3.79. The molecule has 3 aromatic rings. The highest BCUT2D eigenvalue weighted by atomic mass is 35.5. The molecule has 1 saturated heterocycles. The lowest BCUT2D eigenvalue weighted by molar-refractivity contribution is 0.102. The molecule has 1 aliphatic rings. The molecule has 1 amide bonds. The molecule has 144 valence electrons. The number of thiazole rings is 1. The van der Waals surface area contributed by atoms with E-state index >= 15 is 0 Å². The Balaban J connectivity index is 1.61. The number of aromatic nitrogens is 1. The maximum absolute atomic E-state index is 12.5. The molecule has 0 bridgehead atoms. The first-order chi connectivity index (χ1) is 13.7. The van der Waals surface area contributed by atoms with E-state index < -0.39 is 0 Å². The number of piperidine rings is 1. The quantitative estimate of drug-likeness (QED) is 0.585. The van der Waals surface area contributed by atoms with Gasteiger partial charge >= 0.3 is 0 Å². The van der Waals surface area contributed by atoms with E-state index in [9.17, 15) is 4.79 Å². The average molecular weight is 412 g/mol. The van der Waals surface area contributed by atoms with Crippen molar-refractivity contribution in [2.24, 2.45) is 0 Å². The third kappa shape index (κ3) is 4.61. The normalized spacial score (nSPS) is 14.8. The summed E-state index contributed by atoms with van der Waals surface area (Å²) in [5.41, 5.74) is 2.58. The molecular weight excluding hydrogens is 390 g/mol. The molecule has 0 radical (unpaired) electrons. The fraction of sp³-hybridized carbons (Fsp3) is 0.273. The fourth-order valence-electron chi connectivity index (χ4n) is 3.43. The van der Waals surface area contributed by atoms with Crippen LogP contribution in [0.5, 0.6) is 0 Å². The van der Waals surface area contributed by atoms with Gasteiger partial charge in [0.2, 0.25) is 0 Å². The van der Waals surface area contributed by atoms with Gasteiger partial charge in [0.15, 0.2) is 5.13 Å². The summed E-state index contributed by atoms with van der Waals surface area (Å²) in [4.78, 5) is 20.9. The van der Waals surface area contributed by atoms with Crippen molar-refractivity contribution in [3.63, 3.8) is 0 Å². The molecule has 1 aliphatic heterocycles. The molecule has 1 N–H and O–H groups in total. The highest BCUT2D eigenvalue weighted by molar-refractivity contribution is 7.16. The summed E-state index contributed by atoms with van der Waals surface area (Å²) < 4.78 is 0. The predicted octanol–water partition coefficient (Wildman–Crippen LogP) is 5.70. The van der Waals surface area contributed by atoms with Gasteiger partial charge in [0, 0.05) is 27.6 Å². The maximum Gasteiger partial charge on any atom is 0.257 e. The van der Waals surface area contributed by atoms with Crippen LogP contribution in [-0.4, -0.2) is 28.9 Å². The molecule has 0 aliphatic carbocycles. The molecule has 4 rings (SSSR count). The number of hydrogen-bond donors (Lipinski definition) is 1. The van der Waals surface area contributed by atoms with Crippen molar-refractivity contribution in [2.45, 2.75) is 25.8 Å². The van der Waals surface area contributed by atoms with E-state index in [1.165, 1.54) is 24.1 Å².